The van der Waals surface area contributed by atoms with Crippen LogP contribution < -0.4 is 10.6 Å². The van der Waals surface area contributed by atoms with Gasteiger partial charge in [0.05, 0.1) is 12.6 Å². The van der Waals surface area contributed by atoms with Crippen LogP contribution in [0.1, 0.15) is 31.7 Å². The Balaban J connectivity index is 1.91. The summed E-state index contributed by atoms with van der Waals surface area (Å²) >= 11 is 3.58. The van der Waals surface area contributed by atoms with Crippen molar-refractivity contribution >= 4 is 22.0 Å². The number of urea groups is 1. The highest BCUT2D eigenvalue weighted by molar-refractivity contribution is 9.10. The summed E-state index contributed by atoms with van der Waals surface area (Å²) in [6.07, 6.45) is 2.90. The molecule has 5 heteroatoms. The van der Waals surface area contributed by atoms with E-state index in [9.17, 15) is 4.79 Å². The van der Waals surface area contributed by atoms with Crippen molar-refractivity contribution in [3.63, 3.8) is 0 Å². The fourth-order valence-electron chi connectivity index (χ4n) is 2.35. The molecule has 0 aliphatic heterocycles. The number of carbonyl (C=O) groups excluding carboxylic acids is 1. The van der Waals surface area contributed by atoms with Gasteiger partial charge in [-0.15, -0.1) is 0 Å². The molecule has 1 unspecified atom stereocenters. The topological polar surface area (TPSA) is 61.4 Å². The zero-order valence-electron chi connectivity index (χ0n) is 11.7. The van der Waals surface area contributed by atoms with E-state index in [0.29, 0.717) is 6.54 Å². The average molecular weight is 341 g/mol. The van der Waals surface area contributed by atoms with Crippen molar-refractivity contribution in [3.05, 3.63) is 34.3 Å². The van der Waals surface area contributed by atoms with Gasteiger partial charge in [-0.05, 0) is 30.9 Å². The Morgan fingerprint density at radius 2 is 2.15 bits per heavy atom. The molecule has 4 nitrogen and oxygen atoms in total. The lowest BCUT2D eigenvalue weighted by molar-refractivity contribution is 0.214. The molecule has 1 fully saturated rings. The minimum atomic E-state index is -0.204. The van der Waals surface area contributed by atoms with Crippen molar-refractivity contribution in [1.82, 2.24) is 10.6 Å². The first-order valence-electron chi connectivity index (χ1n) is 7.01. The first-order valence-corrected chi connectivity index (χ1v) is 7.81. The quantitative estimate of drug-likeness (QED) is 0.745. The Morgan fingerprint density at radius 3 is 2.70 bits per heavy atom. The smallest absolute Gasteiger partial charge is 0.315 e. The zero-order chi connectivity index (χ0) is 14.6. The molecule has 0 radical (unpaired) electrons. The predicted molar refractivity (Wildman–Crippen MR) is 82.8 cm³/mol. The summed E-state index contributed by atoms with van der Waals surface area (Å²) in [5.41, 5.74) is 1.33. The van der Waals surface area contributed by atoms with E-state index in [2.05, 4.69) is 32.6 Å². The number of amides is 2. The van der Waals surface area contributed by atoms with Crippen molar-refractivity contribution in [1.29, 1.82) is 0 Å². The van der Waals surface area contributed by atoms with Gasteiger partial charge in [-0.2, -0.15) is 0 Å². The van der Waals surface area contributed by atoms with Crippen molar-refractivity contribution in [2.45, 2.75) is 37.6 Å². The van der Waals surface area contributed by atoms with Gasteiger partial charge in [0.25, 0.3) is 0 Å². The first-order chi connectivity index (χ1) is 9.61. The maximum Gasteiger partial charge on any atom is 0.315 e. The van der Waals surface area contributed by atoms with Crippen LogP contribution in [0, 0.1) is 0 Å². The van der Waals surface area contributed by atoms with Gasteiger partial charge in [0.2, 0.25) is 0 Å². The normalized spacial score (nSPS) is 17.4. The van der Waals surface area contributed by atoms with Crippen molar-refractivity contribution in [2.75, 3.05) is 13.2 Å². The minimum Gasteiger partial charge on any atom is -0.394 e. The maximum atomic E-state index is 11.8. The highest BCUT2D eigenvalue weighted by Crippen LogP contribution is 2.49. The second kappa shape index (κ2) is 6.59. The molecular formula is C15H21BrN2O2. The number of aliphatic hydroxyl groups excluding tert-OH is 1. The summed E-state index contributed by atoms with van der Waals surface area (Å²) in [7, 11) is 0. The minimum absolute atomic E-state index is 0.0285. The fraction of sp³-hybridized carbons (Fsp3) is 0.533. The Hall–Kier alpha value is -1.07. The molecule has 2 rings (SSSR count). The van der Waals surface area contributed by atoms with E-state index in [-0.39, 0.29) is 24.1 Å². The van der Waals surface area contributed by atoms with Gasteiger partial charge in [-0.25, -0.2) is 4.79 Å². The number of rotatable bonds is 6. The van der Waals surface area contributed by atoms with Crippen LogP contribution in [0.25, 0.3) is 0 Å². The molecule has 3 N–H and O–H groups in total. The summed E-state index contributed by atoms with van der Waals surface area (Å²) in [4.78, 5) is 11.8. The number of nitrogens with one attached hydrogen (secondary N) is 2. The molecular weight excluding hydrogens is 320 g/mol. The van der Waals surface area contributed by atoms with Crippen LogP contribution in [0.5, 0.6) is 0 Å². The second-order valence-corrected chi connectivity index (χ2v) is 6.23. The molecule has 0 saturated heterocycles. The molecule has 20 heavy (non-hydrogen) atoms. The summed E-state index contributed by atoms with van der Waals surface area (Å²) in [5, 5.41) is 14.8. The summed E-state index contributed by atoms with van der Waals surface area (Å²) in [6.45, 7) is 2.53. The molecule has 2 amide bonds. The van der Waals surface area contributed by atoms with Crippen LogP contribution in [-0.2, 0) is 5.41 Å². The Morgan fingerprint density at radius 1 is 1.45 bits per heavy atom. The molecule has 0 spiro atoms. The molecule has 1 aromatic carbocycles. The van der Waals surface area contributed by atoms with Crippen LogP contribution in [0.4, 0.5) is 4.79 Å². The number of aliphatic hydroxyl groups is 1. The standard InChI is InChI=1S/C15H21BrN2O2/c1-2-11(9-19)18-14(20)17-10-15(7-8-15)12-5-3-4-6-13(12)16/h3-6,11,19H,2,7-10H2,1H3,(H2,17,18,20). The summed E-state index contributed by atoms with van der Waals surface area (Å²) in [6, 6.07) is 7.79. The Bertz CT molecular complexity index is 471. The van der Waals surface area contributed by atoms with Crippen LogP contribution in [0.2, 0.25) is 0 Å². The SMILES string of the molecule is CCC(CO)NC(=O)NCC1(c2ccccc2Br)CC1. The molecule has 0 heterocycles. The lowest BCUT2D eigenvalue weighted by Gasteiger charge is -2.20. The van der Waals surface area contributed by atoms with Gasteiger partial charge in [0.15, 0.2) is 0 Å². The summed E-state index contributed by atoms with van der Waals surface area (Å²) < 4.78 is 1.10. The van der Waals surface area contributed by atoms with E-state index in [1.165, 1.54) is 5.56 Å². The van der Waals surface area contributed by atoms with E-state index >= 15 is 0 Å². The van der Waals surface area contributed by atoms with Gasteiger partial charge in [-0.3, -0.25) is 0 Å². The molecule has 110 valence electrons. The number of hydrogen-bond acceptors (Lipinski definition) is 2. The van der Waals surface area contributed by atoms with Gasteiger partial charge >= 0.3 is 6.03 Å². The molecule has 1 saturated carbocycles. The zero-order valence-corrected chi connectivity index (χ0v) is 13.2. The number of hydrogen-bond donors (Lipinski definition) is 3. The largest absolute Gasteiger partial charge is 0.394 e. The predicted octanol–water partition coefficient (Wildman–Crippen LogP) is 2.55. The monoisotopic (exact) mass is 340 g/mol. The van der Waals surface area contributed by atoms with Crippen molar-refractivity contribution in [2.24, 2.45) is 0 Å². The van der Waals surface area contributed by atoms with Crippen LogP contribution >= 0.6 is 15.9 Å². The van der Waals surface area contributed by atoms with E-state index in [4.69, 9.17) is 5.11 Å². The van der Waals surface area contributed by atoms with E-state index in [1.54, 1.807) is 0 Å². The fourth-order valence-corrected chi connectivity index (χ4v) is 3.05. The highest BCUT2D eigenvalue weighted by atomic mass is 79.9. The third-order valence-corrected chi connectivity index (χ3v) is 4.63. The maximum absolute atomic E-state index is 11.8. The number of halogens is 1. The van der Waals surface area contributed by atoms with Gasteiger partial charge in [-0.1, -0.05) is 41.1 Å². The molecule has 0 aromatic heterocycles. The second-order valence-electron chi connectivity index (χ2n) is 5.37. The summed E-state index contributed by atoms with van der Waals surface area (Å²) in [5.74, 6) is 0. The lowest BCUT2D eigenvalue weighted by atomic mass is 9.96. The van der Waals surface area contributed by atoms with Crippen LogP contribution in [0.15, 0.2) is 28.7 Å². The number of carbonyl (C=O) groups is 1. The molecule has 1 aromatic rings. The molecule has 0 bridgehead atoms. The van der Waals surface area contributed by atoms with Crippen molar-refractivity contribution in [3.8, 4) is 0 Å². The average Bonchev–Trinajstić information content (AvgIpc) is 3.24. The Kier molecular flexibility index (Phi) is 5.05. The van der Waals surface area contributed by atoms with Gasteiger partial charge in [0.1, 0.15) is 0 Å². The lowest BCUT2D eigenvalue weighted by Crippen LogP contribution is -2.45. The van der Waals surface area contributed by atoms with Crippen molar-refractivity contribution < 1.29 is 9.90 Å². The van der Waals surface area contributed by atoms with Gasteiger partial charge < -0.3 is 15.7 Å². The third-order valence-electron chi connectivity index (χ3n) is 3.93. The molecule has 1 atom stereocenters. The third kappa shape index (κ3) is 3.52. The van der Waals surface area contributed by atoms with E-state index < -0.39 is 0 Å². The van der Waals surface area contributed by atoms with Crippen LogP contribution in [-0.4, -0.2) is 30.3 Å². The number of benzene rings is 1. The van der Waals surface area contributed by atoms with Gasteiger partial charge in [0, 0.05) is 16.4 Å². The van der Waals surface area contributed by atoms with Crippen LogP contribution in [0.3, 0.4) is 0 Å². The molecule has 1 aliphatic carbocycles. The Labute approximate surface area is 128 Å². The van der Waals surface area contributed by atoms with E-state index in [0.717, 1.165) is 23.7 Å². The first kappa shape index (κ1) is 15.3. The van der Waals surface area contributed by atoms with E-state index in [1.807, 2.05) is 25.1 Å². The highest BCUT2D eigenvalue weighted by Gasteiger charge is 2.45. The molecule has 1 aliphatic rings.